The minimum absolute atomic E-state index is 0.0209. The van der Waals surface area contributed by atoms with E-state index in [1.54, 1.807) is 18.2 Å². The predicted molar refractivity (Wildman–Crippen MR) is 82.9 cm³/mol. The number of amides is 1. The number of aromatic carboxylic acids is 1. The van der Waals surface area contributed by atoms with Crippen molar-refractivity contribution in [2.24, 2.45) is 0 Å². The molecule has 3 rings (SSSR count). The first kappa shape index (κ1) is 15.0. The maximum absolute atomic E-state index is 12.1. The molecule has 5 nitrogen and oxygen atoms in total. The van der Waals surface area contributed by atoms with Crippen LogP contribution in [0.3, 0.4) is 0 Å². The molecule has 1 aromatic carbocycles. The zero-order valence-electron chi connectivity index (χ0n) is 12.6. The van der Waals surface area contributed by atoms with E-state index in [4.69, 9.17) is 5.11 Å². The Bertz CT molecular complexity index is 561. The summed E-state index contributed by atoms with van der Waals surface area (Å²) in [5.41, 5.74) is 0.968. The molecule has 1 saturated carbocycles. The van der Waals surface area contributed by atoms with Gasteiger partial charge in [0.05, 0.1) is 12.0 Å². The van der Waals surface area contributed by atoms with Crippen LogP contribution in [0.25, 0.3) is 0 Å². The Morgan fingerprint density at radius 1 is 1.23 bits per heavy atom. The lowest BCUT2D eigenvalue weighted by atomic mass is 9.85. The van der Waals surface area contributed by atoms with Crippen LogP contribution >= 0.6 is 0 Å². The van der Waals surface area contributed by atoms with Crippen molar-refractivity contribution in [2.45, 2.75) is 44.2 Å². The van der Waals surface area contributed by atoms with Crippen molar-refractivity contribution in [1.82, 2.24) is 10.2 Å². The summed E-state index contributed by atoms with van der Waals surface area (Å²) in [5.74, 6) is -0.984. The first-order valence-electron chi connectivity index (χ1n) is 7.97. The molecule has 1 heterocycles. The van der Waals surface area contributed by atoms with Crippen molar-refractivity contribution in [3.8, 4) is 0 Å². The van der Waals surface area contributed by atoms with Crippen LogP contribution in [0.4, 0.5) is 0 Å². The highest BCUT2D eigenvalue weighted by Crippen LogP contribution is 2.28. The van der Waals surface area contributed by atoms with Gasteiger partial charge in [0.25, 0.3) is 0 Å². The van der Waals surface area contributed by atoms with Gasteiger partial charge < -0.3 is 15.3 Å². The summed E-state index contributed by atoms with van der Waals surface area (Å²) in [6.07, 6.45) is 4.93. The van der Waals surface area contributed by atoms with E-state index in [1.807, 2.05) is 0 Å². The molecule has 1 aliphatic heterocycles. The Kier molecular flexibility index (Phi) is 4.43. The molecule has 0 atom stereocenters. The Balaban J connectivity index is 1.45. The van der Waals surface area contributed by atoms with E-state index in [2.05, 4.69) is 10.2 Å². The Morgan fingerprint density at radius 3 is 2.64 bits per heavy atom. The third kappa shape index (κ3) is 3.47. The standard InChI is InChI=1S/C17H22N2O3/c20-16(9-12-4-3-5-13(8-12)17(21)22)18-14-10-15(11-14)19-6-1-2-7-19/h3-5,8,14-15H,1-2,6-7,9-11H2,(H,18,20)(H,21,22). The second kappa shape index (κ2) is 6.48. The van der Waals surface area contributed by atoms with Gasteiger partial charge in [-0.1, -0.05) is 12.1 Å². The zero-order valence-corrected chi connectivity index (χ0v) is 12.6. The Labute approximate surface area is 130 Å². The van der Waals surface area contributed by atoms with E-state index >= 15 is 0 Å². The molecule has 0 spiro atoms. The third-order valence-electron chi connectivity index (χ3n) is 4.67. The molecule has 22 heavy (non-hydrogen) atoms. The Morgan fingerprint density at radius 2 is 1.95 bits per heavy atom. The van der Waals surface area contributed by atoms with Crippen molar-refractivity contribution in [3.63, 3.8) is 0 Å². The molecule has 0 aromatic heterocycles. The molecular weight excluding hydrogens is 280 g/mol. The molecule has 118 valence electrons. The van der Waals surface area contributed by atoms with Gasteiger partial charge >= 0.3 is 5.97 Å². The van der Waals surface area contributed by atoms with Gasteiger partial charge in [-0.05, 0) is 56.5 Å². The topological polar surface area (TPSA) is 69.6 Å². The minimum Gasteiger partial charge on any atom is -0.478 e. The van der Waals surface area contributed by atoms with E-state index in [0.29, 0.717) is 6.04 Å². The first-order valence-corrected chi connectivity index (χ1v) is 7.97. The lowest BCUT2D eigenvalue weighted by Gasteiger charge is -2.41. The fraction of sp³-hybridized carbons (Fsp3) is 0.529. The number of benzene rings is 1. The van der Waals surface area contributed by atoms with Gasteiger partial charge in [0.15, 0.2) is 0 Å². The van der Waals surface area contributed by atoms with Gasteiger partial charge in [-0.15, -0.1) is 0 Å². The van der Waals surface area contributed by atoms with Gasteiger partial charge in [-0.3, -0.25) is 4.79 Å². The van der Waals surface area contributed by atoms with E-state index < -0.39 is 5.97 Å². The van der Waals surface area contributed by atoms with Crippen LogP contribution in [0.15, 0.2) is 24.3 Å². The fourth-order valence-corrected chi connectivity index (χ4v) is 3.39. The molecule has 1 amide bonds. The number of hydrogen-bond donors (Lipinski definition) is 2. The quantitative estimate of drug-likeness (QED) is 0.868. The van der Waals surface area contributed by atoms with Gasteiger partial charge in [-0.2, -0.15) is 0 Å². The average molecular weight is 302 g/mol. The fourth-order valence-electron chi connectivity index (χ4n) is 3.39. The molecule has 0 unspecified atom stereocenters. The summed E-state index contributed by atoms with van der Waals surface area (Å²) < 4.78 is 0. The number of nitrogens with zero attached hydrogens (tertiary/aromatic N) is 1. The first-order chi connectivity index (χ1) is 10.6. The molecular formula is C17H22N2O3. The van der Waals surface area contributed by atoms with Crippen LogP contribution in [0.1, 0.15) is 41.6 Å². The monoisotopic (exact) mass is 302 g/mol. The third-order valence-corrected chi connectivity index (χ3v) is 4.67. The van der Waals surface area contributed by atoms with Crippen LogP contribution in [-0.2, 0) is 11.2 Å². The molecule has 0 radical (unpaired) electrons. The van der Waals surface area contributed by atoms with Crippen LogP contribution in [-0.4, -0.2) is 47.1 Å². The number of rotatable bonds is 5. The number of carboxylic acid groups (broad SMARTS) is 1. The van der Waals surface area contributed by atoms with Gasteiger partial charge in [0, 0.05) is 12.1 Å². The molecule has 2 N–H and O–H groups in total. The number of hydrogen-bond acceptors (Lipinski definition) is 3. The van der Waals surface area contributed by atoms with Crippen molar-refractivity contribution in [2.75, 3.05) is 13.1 Å². The smallest absolute Gasteiger partial charge is 0.335 e. The zero-order chi connectivity index (χ0) is 15.5. The number of carbonyl (C=O) groups is 2. The summed E-state index contributed by atoms with van der Waals surface area (Å²) in [5, 5.41) is 12.0. The predicted octanol–water partition coefficient (Wildman–Crippen LogP) is 1.67. The Hall–Kier alpha value is -1.88. The van der Waals surface area contributed by atoms with Gasteiger partial charge in [0.2, 0.25) is 5.91 Å². The lowest BCUT2D eigenvalue weighted by molar-refractivity contribution is -0.122. The second-order valence-electron chi connectivity index (χ2n) is 6.32. The summed E-state index contributed by atoms with van der Waals surface area (Å²) in [6.45, 7) is 2.40. The summed E-state index contributed by atoms with van der Waals surface area (Å²) >= 11 is 0. The average Bonchev–Trinajstić information content (AvgIpc) is 2.96. The van der Waals surface area contributed by atoms with Crippen molar-refractivity contribution < 1.29 is 14.7 Å². The van der Waals surface area contributed by atoms with E-state index in [0.717, 1.165) is 18.4 Å². The van der Waals surface area contributed by atoms with Crippen molar-refractivity contribution >= 4 is 11.9 Å². The summed E-state index contributed by atoms with van der Waals surface area (Å²) in [4.78, 5) is 25.5. The second-order valence-corrected chi connectivity index (χ2v) is 6.32. The summed E-state index contributed by atoms with van der Waals surface area (Å²) in [7, 11) is 0. The molecule has 0 bridgehead atoms. The van der Waals surface area contributed by atoms with E-state index in [9.17, 15) is 9.59 Å². The van der Waals surface area contributed by atoms with Crippen LogP contribution in [0.5, 0.6) is 0 Å². The normalized spacial score (nSPS) is 24.7. The highest BCUT2D eigenvalue weighted by Gasteiger charge is 2.35. The number of carbonyl (C=O) groups excluding carboxylic acids is 1. The van der Waals surface area contributed by atoms with Gasteiger partial charge in [-0.25, -0.2) is 4.79 Å². The largest absolute Gasteiger partial charge is 0.478 e. The lowest BCUT2D eigenvalue weighted by Crippen LogP contribution is -2.53. The number of carboxylic acids is 1. The molecule has 2 fully saturated rings. The maximum atomic E-state index is 12.1. The molecule has 1 aliphatic carbocycles. The molecule has 1 saturated heterocycles. The van der Waals surface area contributed by atoms with Crippen molar-refractivity contribution in [1.29, 1.82) is 0 Å². The van der Waals surface area contributed by atoms with E-state index in [-0.39, 0.29) is 23.9 Å². The minimum atomic E-state index is -0.963. The molecule has 5 heteroatoms. The van der Waals surface area contributed by atoms with Gasteiger partial charge in [0.1, 0.15) is 0 Å². The number of nitrogens with one attached hydrogen (secondary N) is 1. The highest BCUT2D eigenvalue weighted by atomic mass is 16.4. The van der Waals surface area contributed by atoms with Crippen LogP contribution < -0.4 is 5.32 Å². The van der Waals surface area contributed by atoms with Crippen LogP contribution in [0.2, 0.25) is 0 Å². The molecule has 1 aromatic rings. The highest BCUT2D eigenvalue weighted by molar-refractivity contribution is 5.88. The van der Waals surface area contributed by atoms with Crippen LogP contribution in [0, 0.1) is 0 Å². The summed E-state index contributed by atoms with van der Waals surface area (Å²) in [6, 6.07) is 7.49. The number of likely N-dealkylation sites (tertiary alicyclic amines) is 1. The SMILES string of the molecule is O=C(Cc1cccc(C(=O)O)c1)NC1CC(N2CCCC2)C1. The van der Waals surface area contributed by atoms with E-state index in [1.165, 1.54) is 32.0 Å². The maximum Gasteiger partial charge on any atom is 0.335 e. The molecule has 2 aliphatic rings. The van der Waals surface area contributed by atoms with Crippen molar-refractivity contribution in [3.05, 3.63) is 35.4 Å².